The van der Waals surface area contributed by atoms with Crippen molar-refractivity contribution in [3.63, 3.8) is 0 Å². The zero-order chi connectivity index (χ0) is 25.0. The van der Waals surface area contributed by atoms with E-state index in [-0.39, 0.29) is 30.8 Å². The average Bonchev–Trinajstić information content (AvgIpc) is 3.19. The van der Waals surface area contributed by atoms with Gasteiger partial charge < -0.3 is 20.9 Å². The molecule has 0 aromatic heterocycles. The lowest BCUT2D eigenvalue weighted by molar-refractivity contribution is -0.142. The van der Waals surface area contributed by atoms with Gasteiger partial charge in [0.1, 0.15) is 29.4 Å². The fourth-order valence-electron chi connectivity index (χ4n) is 4.01. The van der Waals surface area contributed by atoms with Crippen molar-refractivity contribution in [3.05, 3.63) is 65.2 Å². The highest BCUT2D eigenvalue weighted by molar-refractivity contribution is 6.00. The number of anilines is 1. The molecule has 0 saturated heterocycles. The number of nitrogens with zero attached hydrogens (tertiary/aromatic N) is 1. The smallest absolute Gasteiger partial charge is 0.252 e. The second-order valence-electron chi connectivity index (χ2n) is 8.85. The zero-order valence-corrected chi connectivity index (χ0v) is 20.9. The summed E-state index contributed by atoms with van der Waals surface area (Å²) in [5, 5.41) is 7.94. The van der Waals surface area contributed by atoms with Crippen LogP contribution in [0.1, 0.15) is 44.4 Å². The van der Waals surface area contributed by atoms with Gasteiger partial charge in [0.05, 0.1) is 6.04 Å². The Hall–Kier alpha value is -3.04. The summed E-state index contributed by atoms with van der Waals surface area (Å²) in [6, 6.07) is 7.85. The van der Waals surface area contributed by atoms with E-state index in [0.717, 1.165) is 17.7 Å². The lowest BCUT2D eigenvalue weighted by Crippen LogP contribution is -2.53. The van der Waals surface area contributed by atoms with E-state index in [1.54, 1.807) is 38.2 Å². The largest absolute Gasteiger partial charge is 0.343 e. The predicted molar refractivity (Wildman–Crippen MR) is 132 cm³/mol. The number of halogens is 3. The molecule has 2 aromatic carbocycles. The summed E-state index contributed by atoms with van der Waals surface area (Å²) in [5.41, 5.74) is 0.755. The maximum atomic E-state index is 14.2. The number of para-hydroxylation sites is 1. The molecule has 1 heterocycles. The van der Waals surface area contributed by atoms with E-state index in [4.69, 9.17) is 0 Å². The highest BCUT2D eigenvalue weighted by Gasteiger charge is 2.41. The van der Waals surface area contributed by atoms with Gasteiger partial charge in [-0.2, -0.15) is 0 Å². The maximum Gasteiger partial charge on any atom is 0.252 e. The van der Waals surface area contributed by atoms with Gasteiger partial charge in [-0.05, 0) is 49.6 Å². The van der Waals surface area contributed by atoms with Crippen LogP contribution in [-0.4, -0.2) is 41.8 Å². The maximum absolute atomic E-state index is 14.2. The van der Waals surface area contributed by atoms with Gasteiger partial charge in [-0.25, -0.2) is 8.78 Å². The van der Waals surface area contributed by atoms with Crippen LogP contribution in [0.3, 0.4) is 0 Å². The Bertz CT molecular complexity index is 1060. The minimum atomic E-state index is -1.10. The summed E-state index contributed by atoms with van der Waals surface area (Å²) < 4.78 is 28.4. The van der Waals surface area contributed by atoms with E-state index in [1.165, 1.54) is 11.0 Å². The molecule has 0 saturated carbocycles. The second kappa shape index (κ2) is 12.1. The van der Waals surface area contributed by atoms with E-state index in [0.29, 0.717) is 12.0 Å². The van der Waals surface area contributed by atoms with Gasteiger partial charge in [-0.1, -0.05) is 44.2 Å². The van der Waals surface area contributed by atoms with Crippen LogP contribution in [0.25, 0.3) is 0 Å². The standard InChI is InChI=1S/C25H30F2N4O3.ClH/c1-14(2)12-20(29-23(32)15(3)28-4)25(34)31-13-16-8-5-6-9-17(16)22(31)24(33)30-21-18(26)10-7-11-19(21)27;/h5-11,14-15,20,22,28H,12-13H2,1-4H3,(H,29,32)(H,30,33);1H/t15-,20-,22?;/m0./s1. The number of benzene rings is 2. The molecule has 3 N–H and O–H groups in total. The Morgan fingerprint density at radius 3 is 2.26 bits per heavy atom. The van der Waals surface area contributed by atoms with Gasteiger partial charge in [0.25, 0.3) is 5.91 Å². The first kappa shape index (κ1) is 28.2. The van der Waals surface area contributed by atoms with Crippen LogP contribution < -0.4 is 16.0 Å². The number of hydrogen-bond acceptors (Lipinski definition) is 4. The number of likely N-dealkylation sites (N-methyl/N-ethyl adjacent to an activating group) is 1. The van der Waals surface area contributed by atoms with Crippen molar-refractivity contribution >= 4 is 35.8 Å². The zero-order valence-electron chi connectivity index (χ0n) is 20.1. The number of fused-ring (bicyclic) bond motifs is 1. The molecule has 7 nitrogen and oxygen atoms in total. The molecule has 3 amide bonds. The molecule has 0 bridgehead atoms. The Kier molecular flexibility index (Phi) is 9.73. The summed E-state index contributed by atoms with van der Waals surface area (Å²) in [7, 11) is 1.64. The monoisotopic (exact) mass is 508 g/mol. The minimum absolute atomic E-state index is 0. The Morgan fingerprint density at radius 1 is 1.03 bits per heavy atom. The number of carbonyl (C=O) groups is 3. The van der Waals surface area contributed by atoms with Crippen LogP contribution >= 0.6 is 12.4 Å². The molecule has 1 aliphatic rings. The number of amides is 3. The van der Waals surface area contributed by atoms with E-state index < -0.39 is 47.3 Å². The Morgan fingerprint density at radius 2 is 1.66 bits per heavy atom. The van der Waals surface area contributed by atoms with Crippen LogP contribution in [0.4, 0.5) is 14.5 Å². The summed E-state index contributed by atoms with van der Waals surface area (Å²) >= 11 is 0. The number of carbonyl (C=O) groups excluding carboxylic acids is 3. The van der Waals surface area contributed by atoms with Gasteiger partial charge in [-0.3, -0.25) is 14.4 Å². The molecule has 0 spiro atoms. The van der Waals surface area contributed by atoms with Crippen LogP contribution in [-0.2, 0) is 20.9 Å². The number of hydrogen-bond donors (Lipinski definition) is 3. The van der Waals surface area contributed by atoms with Crippen molar-refractivity contribution in [2.24, 2.45) is 5.92 Å². The van der Waals surface area contributed by atoms with Gasteiger partial charge in [0, 0.05) is 6.54 Å². The molecule has 2 aromatic rings. The summed E-state index contributed by atoms with van der Waals surface area (Å²) in [6.07, 6.45) is 0.365. The van der Waals surface area contributed by atoms with Crippen LogP contribution in [0.5, 0.6) is 0 Å². The van der Waals surface area contributed by atoms with Crippen LogP contribution in [0, 0.1) is 17.6 Å². The SMILES string of the molecule is CN[C@@H](C)C(=O)N[C@@H](CC(C)C)C(=O)N1Cc2ccccc2C1C(=O)Nc1c(F)cccc1F.Cl. The molecule has 35 heavy (non-hydrogen) atoms. The first-order chi connectivity index (χ1) is 16.1. The Labute approximate surface area is 210 Å². The topological polar surface area (TPSA) is 90.5 Å². The minimum Gasteiger partial charge on any atom is -0.343 e. The summed E-state index contributed by atoms with van der Waals surface area (Å²) in [5.74, 6) is -3.25. The molecule has 3 atom stereocenters. The summed E-state index contributed by atoms with van der Waals surface area (Å²) in [6.45, 7) is 5.67. The van der Waals surface area contributed by atoms with Crippen molar-refractivity contribution < 1.29 is 23.2 Å². The molecule has 10 heteroatoms. The van der Waals surface area contributed by atoms with E-state index >= 15 is 0 Å². The van der Waals surface area contributed by atoms with E-state index in [2.05, 4.69) is 16.0 Å². The second-order valence-corrected chi connectivity index (χ2v) is 8.85. The third kappa shape index (κ3) is 6.35. The van der Waals surface area contributed by atoms with Gasteiger partial charge >= 0.3 is 0 Å². The molecule has 190 valence electrons. The van der Waals surface area contributed by atoms with Crippen molar-refractivity contribution in [2.75, 3.05) is 12.4 Å². The van der Waals surface area contributed by atoms with Crippen molar-refractivity contribution in [1.29, 1.82) is 0 Å². The molecule has 0 aliphatic carbocycles. The molecular weight excluding hydrogens is 478 g/mol. The molecule has 3 rings (SSSR count). The van der Waals surface area contributed by atoms with E-state index in [9.17, 15) is 23.2 Å². The van der Waals surface area contributed by atoms with Crippen molar-refractivity contribution in [3.8, 4) is 0 Å². The molecule has 1 aliphatic heterocycles. The molecular formula is C25H31ClF2N4O3. The Balaban J connectivity index is 0.00000432. The summed E-state index contributed by atoms with van der Waals surface area (Å²) in [4.78, 5) is 40.8. The highest BCUT2D eigenvalue weighted by Crippen LogP contribution is 2.36. The first-order valence-electron chi connectivity index (χ1n) is 11.2. The molecule has 0 radical (unpaired) electrons. The van der Waals surface area contributed by atoms with Gasteiger partial charge in [0.15, 0.2) is 0 Å². The predicted octanol–water partition coefficient (Wildman–Crippen LogP) is 3.55. The van der Waals surface area contributed by atoms with Crippen molar-refractivity contribution in [1.82, 2.24) is 15.5 Å². The van der Waals surface area contributed by atoms with Crippen molar-refractivity contribution in [2.45, 2.75) is 51.9 Å². The van der Waals surface area contributed by atoms with Crippen LogP contribution in [0.15, 0.2) is 42.5 Å². The number of nitrogens with one attached hydrogen (secondary N) is 3. The van der Waals surface area contributed by atoms with E-state index in [1.807, 2.05) is 13.8 Å². The third-order valence-corrected chi connectivity index (χ3v) is 5.89. The van der Waals surface area contributed by atoms with Crippen LogP contribution in [0.2, 0.25) is 0 Å². The third-order valence-electron chi connectivity index (χ3n) is 5.89. The van der Waals surface area contributed by atoms with Gasteiger partial charge in [0.2, 0.25) is 11.8 Å². The molecule has 1 unspecified atom stereocenters. The quantitative estimate of drug-likeness (QED) is 0.508. The van der Waals surface area contributed by atoms with Gasteiger partial charge in [-0.15, -0.1) is 12.4 Å². The highest BCUT2D eigenvalue weighted by atomic mass is 35.5. The fraction of sp³-hybridized carbons (Fsp3) is 0.400. The fourth-order valence-corrected chi connectivity index (χ4v) is 4.01. The first-order valence-corrected chi connectivity index (χ1v) is 11.2. The average molecular weight is 509 g/mol. The lowest BCUT2D eigenvalue weighted by Gasteiger charge is -2.30. The normalized spacial score (nSPS) is 16.2. The lowest BCUT2D eigenvalue weighted by atomic mass is 10.0. The molecule has 0 fully saturated rings. The number of rotatable bonds is 8.